The normalized spacial score (nSPS) is 11.0. The number of rotatable bonds is 5. The maximum Gasteiger partial charge on any atom is 0.266 e. The van der Waals surface area contributed by atoms with Crippen molar-refractivity contribution < 1.29 is 9.32 Å². The van der Waals surface area contributed by atoms with Gasteiger partial charge in [0.15, 0.2) is 5.16 Å². The van der Waals surface area contributed by atoms with Crippen molar-refractivity contribution in [3.8, 4) is 5.69 Å². The third kappa shape index (κ3) is 4.13. The van der Waals surface area contributed by atoms with Crippen LogP contribution < -0.4 is 10.9 Å². The lowest BCUT2D eigenvalue weighted by Crippen LogP contribution is -2.23. The number of aromatic nitrogens is 3. The fourth-order valence-electron chi connectivity index (χ4n) is 3.24. The van der Waals surface area contributed by atoms with Crippen molar-refractivity contribution >= 4 is 34.5 Å². The van der Waals surface area contributed by atoms with Gasteiger partial charge in [-0.1, -0.05) is 35.1 Å². The van der Waals surface area contributed by atoms with Crippen LogP contribution in [0.25, 0.3) is 16.6 Å². The Labute approximate surface area is 177 Å². The fourth-order valence-corrected chi connectivity index (χ4v) is 4.06. The van der Waals surface area contributed by atoms with E-state index in [1.807, 2.05) is 44.2 Å². The number of para-hydroxylation sites is 1. The van der Waals surface area contributed by atoms with E-state index in [2.05, 4.69) is 15.5 Å². The summed E-state index contributed by atoms with van der Waals surface area (Å²) in [6, 6.07) is 14.8. The highest BCUT2D eigenvalue weighted by Crippen LogP contribution is 2.23. The van der Waals surface area contributed by atoms with Crippen LogP contribution in [0.15, 0.2) is 63.0 Å². The van der Waals surface area contributed by atoms with E-state index >= 15 is 0 Å². The molecule has 1 N–H and O–H groups in total. The molecule has 0 fully saturated rings. The summed E-state index contributed by atoms with van der Waals surface area (Å²) in [4.78, 5) is 30.3. The van der Waals surface area contributed by atoms with E-state index in [0.29, 0.717) is 21.8 Å². The topological polar surface area (TPSA) is 90.0 Å². The number of carbonyl (C=O) groups excluding carboxylic acids is 1. The fraction of sp³-hybridized carbons (Fsp3) is 0.182. The molecule has 0 aliphatic rings. The Kier molecular flexibility index (Phi) is 5.41. The van der Waals surface area contributed by atoms with E-state index in [9.17, 15) is 9.59 Å². The van der Waals surface area contributed by atoms with Gasteiger partial charge in [0.05, 0.1) is 28.0 Å². The number of amides is 1. The van der Waals surface area contributed by atoms with E-state index in [0.717, 1.165) is 16.8 Å². The molecule has 4 aromatic rings. The largest absolute Gasteiger partial charge is 0.338 e. The summed E-state index contributed by atoms with van der Waals surface area (Å²) in [5, 5.41) is 7.39. The first kappa shape index (κ1) is 19.9. The molecule has 4 rings (SSSR count). The number of hydrogen-bond acceptors (Lipinski definition) is 6. The molecule has 0 saturated carbocycles. The molecule has 0 aliphatic carbocycles. The maximum atomic E-state index is 13.3. The quantitative estimate of drug-likeness (QED) is 0.387. The van der Waals surface area contributed by atoms with Crippen LogP contribution in [0.1, 0.15) is 16.8 Å². The van der Waals surface area contributed by atoms with Gasteiger partial charge in [0.2, 0.25) is 11.8 Å². The molecular weight excluding hydrogens is 400 g/mol. The molecule has 0 bridgehead atoms. The van der Waals surface area contributed by atoms with Gasteiger partial charge in [0.25, 0.3) is 5.56 Å². The van der Waals surface area contributed by atoms with E-state index in [4.69, 9.17) is 4.52 Å². The van der Waals surface area contributed by atoms with Crippen LogP contribution in [0.2, 0.25) is 0 Å². The Bertz CT molecular complexity index is 1290. The summed E-state index contributed by atoms with van der Waals surface area (Å²) in [5.41, 5.74) is 3.91. The Morgan fingerprint density at radius 1 is 1.10 bits per heavy atom. The van der Waals surface area contributed by atoms with Crippen LogP contribution in [-0.4, -0.2) is 26.4 Å². The Morgan fingerprint density at radius 3 is 2.53 bits per heavy atom. The van der Waals surface area contributed by atoms with Gasteiger partial charge in [-0.3, -0.25) is 19.5 Å². The molecule has 2 aromatic carbocycles. The second kappa shape index (κ2) is 8.16. The predicted octanol–water partition coefficient (Wildman–Crippen LogP) is 4.03. The van der Waals surface area contributed by atoms with Crippen molar-refractivity contribution in [1.29, 1.82) is 0 Å². The third-order valence-electron chi connectivity index (χ3n) is 4.43. The van der Waals surface area contributed by atoms with Gasteiger partial charge in [-0.15, -0.1) is 0 Å². The van der Waals surface area contributed by atoms with Crippen molar-refractivity contribution in [2.24, 2.45) is 0 Å². The molecule has 30 heavy (non-hydrogen) atoms. The molecule has 2 aromatic heterocycles. The number of benzene rings is 2. The minimum atomic E-state index is -0.273. The van der Waals surface area contributed by atoms with E-state index in [-0.39, 0.29) is 23.1 Å². The SMILES string of the molecule is Cc1cc(C)cc(-n2c(SCC(=O)Nc3cc(C)no3)nc3ccccc3c2=O)c1. The van der Waals surface area contributed by atoms with E-state index in [1.54, 1.807) is 29.7 Å². The molecule has 2 heterocycles. The zero-order valence-electron chi connectivity index (χ0n) is 16.8. The number of carbonyl (C=O) groups is 1. The second-order valence-corrected chi connectivity index (χ2v) is 8.01. The van der Waals surface area contributed by atoms with E-state index < -0.39 is 0 Å². The zero-order valence-corrected chi connectivity index (χ0v) is 17.6. The van der Waals surface area contributed by atoms with Crippen molar-refractivity contribution in [1.82, 2.24) is 14.7 Å². The molecule has 0 spiro atoms. The Balaban J connectivity index is 1.72. The van der Waals surface area contributed by atoms with Crippen LogP contribution in [0.4, 0.5) is 5.88 Å². The highest BCUT2D eigenvalue weighted by atomic mass is 32.2. The molecule has 152 valence electrons. The summed E-state index contributed by atoms with van der Waals surface area (Å²) in [6.07, 6.45) is 0. The van der Waals surface area contributed by atoms with E-state index in [1.165, 1.54) is 11.8 Å². The monoisotopic (exact) mass is 420 g/mol. The average molecular weight is 420 g/mol. The van der Waals surface area contributed by atoms with Gasteiger partial charge in [-0.25, -0.2) is 4.98 Å². The smallest absolute Gasteiger partial charge is 0.266 e. The lowest BCUT2D eigenvalue weighted by Gasteiger charge is -2.14. The summed E-state index contributed by atoms with van der Waals surface area (Å²) >= 11 is 1.19. The standard InChI is InChI=1S/C22H20N4O3S/c1-13-8-14(2)10-16(9-13)26-21(28)17-6-4-5-7-18(17)23-22(26)30-12-19(27)24-20-11-15(3)25-29-20/h4-11H,12H2,1-3H3,(H,24,27). The lowest BCUT2D eigenvalue weighted by atomic mass is 10.1. The number of hydrogen-bond donors (Lipinski definition) is 1. The summed E-state index contributed by atoms with van der Waals surface area (Å²) in [5.74, 6) is 0.0804. The number of aryl methyl sites for hydroxylation is 3. The second-order valence-electron chi connectivity index (χ2n) is 7.07. The molecule has 0 aliphatic heterocycles. The highest BCUT2D eigenvalue weighted by Gasteiger charge is 2.16. The van der Waals surface area contributed by atoms with Gasteiger partial charge in [-0.2, -0.15) is 0 Å². The van der Waals surface area contributed by atoms with Crippen LogP contribution in [0.3, 0.4) is 0 Å². The van der Waals surface area contributed by atoms with Crippen molar-refractivity contribution in [3.63, 3.8) is 0 Å². The first-order chi connectivity index (χ1) is 14.4. The molecule has 7 nitrogen and oxygen atoms in total. The first-order valence-electron chi connectivity index (χ1n) is 9.37. The number of thioether (sulfide) groups is 1. The molecule has 8 heteroatoms. The van der Waals surface area contributed by atoms with Gasteiger partial charge in [0.1, 0.15) is 0 Å². The number of nitrogens with one attached hydrogen (secondary N) is 1. The molecule has 0 unspecified atom stereocenters. The first-order valence-corrected chi connectivity index (χ1v) is 10.4. The van der Waals surface area contributed by atoms with Crippen molar-refractivity contribution in [3.05, 3.63) is 75.7 Å². The van der Waals surface area contributed by atoms with Gasteiger partial charge < -0.3 is 4.52 Å². The number of nitrogens with zero attached hydrogens (tertiary/aromatic N) is 3. The van der Waals surface area contributed by atoms with Crippen LogP contribution in [-0.2, 0) is 4.79 Å². The summed E-state index contributed by atoms with van der Waals surface area (Å²) < 4.78 is 6.59. The maximum absolute atomic E-state index is 13.3. The Morgan fingerprint density at radius 2 is 1.83 bits per heavy atom. The zero-order chi connectivity index (χ0) is 21.3. The van der Waals surface area contributed by atoms with Crippen molar-refractivity contribution in [2.45, 2.75) is 25.9 Å². The van der Waals surface area contributed by atoms with Crippen LogP contribution in [0, 0.1) is 20.8 Å². The summed E-state index contributed by atoms with van der Waals surface area (Å²) in [6.45, 7) is 5.74. The number of anilines is 1. The van der Waals surface area contributed by atoms with Gasteiger partial charge in [-0.05, 0) is 56.2 Å². The van der Waals surface area contributed by atoms with Gasteiger partial charge in [0, 0.05) is 6.07 Å². The minimum Gasteiger partial charge on any atom is -0.338 e. The number of fused-ring (bicyclic) bond motifs is 1. The minimum absolute atomic E-state index is 0.0648. The lowest BCUT2D eigenvalue weighted by molar-refractivity contribution is -0.113. The van der Waals surface area contributed by atoms with Crippen LogP contribution >= 0.6 is 11.8 Å². The van der Waals surface area contributed by atoms with Crippen LogP contribution in [0.5, 0.6) is 0 Å². The molecule has 0 atom stereocenters. The molecule has 0 saturated heterocycles. The van der Waals surface area contributed by atoms with Crippen molar-refractivity contribution in [2.75, 3.05) is 11.1 Å². The highest BCUT2D eigenvalue weighted by molar-refractivity contribution is 7.99. The third-order valence-corrected chi connectivity index (χ3v) is 5.37. The van der Waals surface area contributed by atoms with Gasteiger partial charge >= 0.3 is 0 Å². The molecule has 1 amide bonds. The molecular formula is C22H20N4O3S. The molecule has 0 radical (unpaired) electrons. The average Bonchev–Trinajstić information content (AvgIpc) is 3.10. The predicted molar refractivity (Wildman–Crippen MR) is 117 cm³/mol. The Hall–Kier alpha value is -3.39. The summed E-state index contributed by atoms with van der Waals surface area (Å²) in [7, 11) is 0.